The molecule has 1 saturated heterocycles. The lowest BCUT2D eigenvalue weighted by atomic mass is 10.1. The van der Waals surface area contributed by atoms with Crippen molar-refractivity contribution in [2.45, 2.75) is 13.0 Å². The van der Waals surface area contributed by atoms with Crippen LogP contribution >= 0.6 is 0 Å². The van der Waals surface area contributed by atoms with Crippen LogP contribution in [-0.4, -0.2) is 12.9 Å². The molecule has 1 fully saturated rings. The van der Waals surface area contributed by atoms with Gasteiger partial charge in [-0.25, -0.2) is 5.84 Å². The van der Waals surface area contributed by atoms with Gasteiger partial charge in [-0.3, -0.25) is 5.01 Å². The molecular weight excluding hydrogens is 192 g/mol. The molecule has 4 N–H and O–H groups in total. The Labute approximate surface area is 88.3 Å². The van der Waals surface area contributed by atoms with Crippen molar-refractivity contribution in [2.75, 3.05) is 11.6 Å². The molecule has 0 aromatic heterocycles. The smallest absolute Gasteiger partial charge is 0.129 e. The van der Waals surface area contributed by atoms with Crippen LogP contribution in [0.3, 0.4) is 0 Å². The van der Waals surface area contributed by atoms with Crippen LogP contribution in [0.1, 0.15) is 17.2 Å². The second kappa shape index (κ2) is 3.88. The summed E-state index contributed by atoms with van der Waals surface area (Å²) in [7, 11) is 0. The molecule has 0 unspecified atom stereocenters. The lowest BCUT2D eigenvalue weighted by Gasteiger charge is -2.15. The van der Waals surface area contributed by atoms with Gasteiger partial charge in [-0.1, -0.05) is 12.1 Å². The first-order valence-corrected chi connectivity index (χ1v) is 4.72. The Morgan fingerprint density at radius 2 is 2.33 bits per heavy atom. The van der Waals surface area contributed by atoms with E-state index in [0.717, 1.165) is 17.9 Å². The van der Waals surface area contributed by atoms with Crippen LogP contribution in [0, 0.1) is 6.92 Å². The van der Waals surface area contributed by atoms with Crippen molar-refractivity contribution in [1.29, 1.82) is 0 Å². The summed E-state index contributed by atoms with van der Waals surface area (Å²) in [6.45, 7) is 2.81. The van der Waals surface area contributed by atoms with Gasteiger partial charge in [0, 0.05) is 0 Å². The molecule has 80 valence electrons. The molecule has 0 radical (unpaired) electrons. The van der Waals surface area contributed by atoms with Gasteiger partial charge in [-0.2, -0.15) is 5.10 Å². The molecule has 5 nitrogen and oxygen atoms in total. The summed E-state index contributed by atoms with van der Waals surface area (Å²) in [5.74, 6) is 10.8. The molecule has 1 aromatic rings. The van der Waals surface area contributed by atoms with E-state index >= 15 is 0 Å². The van der Waals surface area contributed by atoms with Gasteiger partial charge >= 0.3 is 0 Å². The SMILES string of the molecule is Cc1cc([C@H]2CO2)ccc1N(N)/C=N\N. The fourth-order valence-electron chi connectivity index (χ4n) is 1.54. The minimum atomic E-state index is 0.271. The molecular formula is C10H14N4O. The molecule has 1 atom stereocenters. The standard InChI is InChI=1S/C10H14N4O/c1-7-4-8(10-5-15-10)2-3-9(7)14(12)6-13-11/h2-4,6,10H,5,11-12H2,1H3/b13-6-/t10-/m1/s1. The Balaban J connectivity index is 2.25. The predicted molar refractivity (Wildman–Crippen MR) is 59.2 cm³/mol. The normalized spacial score (nSPS) is 19.5. The third-order valence-corrected chi connectivity index (χ3v) is 2.40. The number of rotatable bonds is 3. The van der Waals surface area contributed by atoms with Gasteiger partial charge in [0.15, 0.2) is 0 Å². The average molecular weight is 206 g/mol. The van der Waals surface area contributed by atoms with Gasteiger partial charge < -0.3 is 10.6 Å². The van der Waals surface area contributed by atoms with Crippen LogP contribution in [-0.2, 0) is 4.74 Å². The number of benzene rings is 1. The lowest BCUT2D eigenvalue weighted by molar-refractivity contribution is 0.415. The number of aryl methyl sites for hydroxylation is 1. The molecule has 1 aliphatic heterocycles. The van der Waals surface area contributed by atoms with Gasteiger partial charge in [0.2, 0.25) is 0 Å². The van der Waals surface area contributed by atoms with Gasteiger partial charge in [0.25, 0.3) is 0 Å². The number of ether oxygens (including phenoxy) is 1. The Morgan fingerprint density at radius 1 is 1.60 bits per heavy atom. The minimum Gasteiger partial charge on any atom is -0.368 e. The van der Waals surface area contributed by atoms with Crippen LogP contribution in [0.15, 0.2) is 23.3 Å². The van der Waals surface area contributed by atoms with E-state index in [4.69, 9.17) is 16.4 Å². The number of hydrogen-bond acceptors (Lipinski definition) is 4. The summed E-state index contributed by atoms with van der Waals surface area (Å²) in [5.41, 5.74) is 3.15. The maximum Gasteiger partial charge on any atom is 0.129 e. The number of hydrogen-bond donors (Lipinski definition) is 2. The van der Waals surface area contributed by atoms with Crippen LogP contribution in [0.5, 0.6) is 0 Å². The second-order valence-corrected chi connectivity index (χ2v) is 3.54. The van der Waals surface area contributed by atoms with Crippen molar-refractivity contribution in [3.8, 4) is 0 Å². The second-order valence-electron chi connectivity index (χ2n) is 3.54. The number of anilines is 1. The quantitative estimate of drug-likeness (QED) is 0.250. The highest BCUT2D eigenvalue weighted by atomic mass is 16.6. The first kappa shape index (κ1) is 9.95. The summed E-state index contributed by atoms with van der Waals surface area (Å²) < 4.78 is 5.21. The van der Waals surface area contributed by atoms with Crippen molar-refractivity contribution >= 4 is 12.0 Å². The maximum atomic E-state index is 5.72. The summed E-state index contributed by atoms with van der Waals surface area (Å²) >= 11 is 0. The first-order chi connectivity index (χ1) is 7.22. The molecule has 5 heteroatoms. The molecule has 1 aliphatic rings. The molecule has 1 heterocycles. The molecule has 15 heavy (non-hydrogen) atoms. The fourth-order valence-corrected chi connectivity index (χ4v) is 1.54. The highest BCUT2D eigenvalue weighted by molar-refractivity contribution is 5.78. The van der Waals surface area contributed by atoms with Crippen molar-refractivity contribution in [1.82, 2.24) is 0 Å². The van der Waals surface area contributed by atoms with Crippen LogP contribution in [0.4, 0.5) is 5.69 Å². The molecule has 0 aliphatic carbocycles. The van der Waals surface area contributed by atoms with Crippen LogP contribution in [0.25, 0.3) is 0 Å². The zero-order chi connectivity index (χ0) is 10.8. The van der Waals surface area contributed by atoms with Crippen molar-refractivity contribution in [3.05, 3.63) is 29.3 Å². The molecule has 1 aromatic carbocycles. The van der Waals surface area contributed by atoms with E-state index in [0.29, 0.717) is 0 Å². The van der Waals surface area contributed by atoms with E-state index in [1.54, 1.807) is 0 Å². The van der Waals surface area contributed by atoms with E-state index in [2.05, 4.69) is 11.2 Å². The van der Waals surface area contributed by atoms with E-state index in [-0.39, 0.29) is 6.10 Å². The first-order valence-electron chi connectivity index (χ1n) is 4.72. The third kappa shape index (κ3) is 2.08. The minimum absolute atomic E-state index is 0.271. The lowest BCUT2D eigenvalue weighted by Crippen LogP contribution is -2.30. The summed E-state index contributed by atoms with van der Waals surface area (Å²) in [4.78, 5) is 0. The van der Waals surface area contributed by atoms with Crippen molar-refractivity contribution < 1.29 is 4.74 Å². The highest BCUT2D eigenvalue weighted by Crippen LogP contribution is 2.32. The van der Waals surface area contributed by atoms with E-state index < -0.39 is 0 Å². The Bertz CT molecular complexity index is 387. The topological polar surface area (TPSA) is 80.2 Å². The third-order valence-electron chi connectivity index (χ3n) is 2.40. The predicted octanol–water partition coefficient (Wildman–Crippen LogP) is 0.648. The number of nitrogens with zero attached hydrogens (tertiary/aromatic N) is 2. The van der Waals surface area contributed by atoms with Crippen LogP contribution in [0.2, 0.25) is 0 Å². The van der Waals surface area contributed by atoms with Gasteiger partial charge in [-0.15, -0.1) is 0 Å². The van der Waals surface area contributed by atoms with E-state index in [1.165, 1.54) is 16.9 Å². The fraction of sp³-hybridized carbons (Fsp3) is 0.300. The Hall–Kier alpha value is -1.59. The summed E-state index contributed by atoms with van der Waals surface area (Å²) in [5, 5.41) is 4.77. The molecule has 0 spiro atoms. The van der Waals surface area contributed by atoms with Crippen molar-refractivity contribution in [3.63, 3.8) is 0 Å². The number of nitrogens with two attached hydrogens (primary N) is 2. The number of hydrazine groups is 1. The van der Waals surface area contributed by atoms with Crippen molar-refractivity contribution in [2.24, 2.45) is 16.8 Å². The van der Waals surface area contributed by atoms with Crippen LogP contribution < -0.4 is 16.7 Å². The Kier molecular flexibility index (Phi) is 2.57. The molecule has 0 amide bonds. The monoisotopic (exact) mass is 206 g/mol. The summed E-state index contributed by atoms with van der Waals surface area (Å²) in [6, 6.07) is 6.01. The van der Waals surface area contributed by atoms with E-state index in [1.807, 2.05) is 19.1 Å². The van der Waals surface area contributed by atoms with E-state index in [9.17, 15) is 0 Å². The largest absolute Gasteiger partial charge is 0.368 e. The van der Waals surface area contributed by atoms with Gasteiger partial charge in [0.1, 0.15) is 12.4 Å². The number of epoxide rings is 1. The molecule has 0 bridgehead atoms. The van der Waals surface area contributed by atoms with Gasteiger partial charge in [-0.05, 0) is 24.1 Å². The highest BCUT2D eigenvalue weighted by Gasteiger charge is 2.25. The molecule has 2 rings (SSSR count). The zero-order valence-corrected chi connectivity index (χ0v) is 8.55. The average Bonchev–Trinajstić information content (AvgIpc) is 3.01. The zero-order valence-electron chi connectivity index (χ0n) is 8.55. The number of hydrazone groups is 1. The maximum absolute atomic E-state index is 5.72. The molecule has 0 saturated carbocycles. The van der Waals surface area contributed by atoms with Gasteiger partial charge in [0.05, 0.1) is 12.3 Å². The Morgan fingerprint density at radius 3 is 2.87 bits per heavy atom. The summed E-state index contributed by atoms with van der Waals surface area (Å²) in [6.07, 6.45) is 1.64.